The monoisotopic (exact) mass is 341 g/mol. The van der Waals surface area contributed by atoms with Crippen LogP contribution in [0.4, 0.5) is 0 Å². The molecule has 1 aromatic heterocycles. The van der Waals surface area contributed by atoms with Crippen molar-refractivity contribution >= 4 is 29.2 Å². The van der Waals surface area contributed by atoms with E-state index in [1.54, 1.807) is 30.3 Å². The quantitative estimate of drug-likeness (QED) is 0.814. The second-order valence-corrected chi connectivity index (χ2v) is 6.17. The third-order valence-electron chi connectivity index (χ3n) is 3.28. The molecule has 0 saturated carbocycles. The first-order valence-corrected chi connectivity index (χ1v) is 7.64. The molecule has 0 aliphatic heterocycles. The van der Waals surface area contributed by atoms with Gasteiger partial charge in [0, 0.05) is 10.6 Å². The molecule has 0 aliphatic rings. The van der Waals surface area contributed by atoms with Crippen LogP contribution in [-0.2, 0) is 11.3 Å². The Bertz CT molecular complexity index is 667. The lowest BCUT2D eigenvalue weighted by Crippen LogP contribution is -2.40. The van der Waals surface area contributed by atoms with Crippen molar-refractivity contribution in [2.75, 3.05) is 0 Å². The molecule has 4 nitrogen and oxygen atoms in total. The van der Waals surface area contributed by atoms with Gasteiger partial charge >= 0.3 is 5.97 Å². The molecule has 118 valence electrons. The third kappa shape index (κ3) is 4.03. The summed E-state index contributed by atoms with van der Waals surface area (Å²) in [6.45, 7) is 4.03. The van der Waals surface area contributed by atoms with E-state index in [0.717, 1.165) is 0 Å². The molecule has 0 saturated heterocycles. The molecular weight excluding hydrogens is 325 g/mol. The number of rotatable bonds is 6. The van der Waals surface area contributed by atoms with Gasteiger partial charge in [0.25, 0.3) is 0 Å². The van der Waals surface area contributed by atoms with Gasteiger partial charge in [-0.05, 0) is 36.2 Å². The predicted molar refractivity (Wildman–Crippen MR) is 87.3 cm³/mol. The van der Waals surface area contributed by atoms with Gasteiger partial charge in [0.1, 0.15) is 17.6 Å². The van der Waals surface area contributed by atoms with Gasteiger partial charge in [-0.25, -0.2) is 0 Å². The summed E-state index contributed by atoms with van der Waals surface area (Å²) in [7, 11) is 0. The van der Waals surface area contributed by atoms with Gasteiger partial charge < -0.3 is 9.52 Å². The standard InChI is InChI=1S/C16H17Cl2NO3/c1-9(2)15(16(20)21)19-8-11-4-6-14(22-11)12-7-10(17)3-5-13(12)18/h3-7,9,15,19H,8H2,1-2H3,(H,20,21). The van der Waals surface area contributed by atoms with Gasteiger partial charge in [0.15, 0.2) is 0 Å². The van der Waals surface area contributed by atoms with E-state index in [1.807, 2.05) is 13.8 Å². The maximum absolute atomic E-state index is 11.1. The van der Waals surface area contributed by atoms with Crippen molar-refractivity contribution in [3.8, 4) is 11.3 Å². The summed E-state index contributed by atoms with van der Waals surface area (Å²) in [6, 6.07) is 8.10. The molecule has 22 heavy (non-hydrogen) atoms. The minimum atomic E-state index is -0.875. The number of hydrogen-bond donors (Lipinski definition) is 2. The zero-order chi connectivity index (χ0) is 16.3. The van der Waals surface area contributed by atoms with Crippen molar-refractivity contribution in [3.05, 3.63) is 46.1 Å². The molecule has 0 spiro atoms. The Morgan fingerprint density at radius 1 is 1.27 bits per heavy atom. The predicted octanol–water partition coefficient (Wildman–Crippen LogP) is 4.45. The molecular formula is C16H17Cl2NO3. The van der Waals surface area contributed by atoms with Crippen LogP contribution < -0.4 is 5.32 Å². The molecule has 0 bridgehead atoms. The third-order valence-corrected chi connectivity index (χ3v) is 3.85. The highest BCUT2D eigenvalue weighted by molar-refractivity contribution is 6.35. The number of benzene rings is 1. The Hall–Kier alpha value is -1.49. The molecule has 6 heteroatoms. The number of aliphatic carboxylic acids is 1. The van der Waals surface area contributed by atoms with Gasteiger partial charge in [-0.3, -0.25) is 10.1 Å². The molecule has 2 aromatic rings. The Labute approximate surface area is 139 Å². The molecule has 2 N–H and O–H groups in total. The van der Waals surface area contributed by atoms with Crippen LogP contribution in [0.15, 0.2) is 34.7 Å². The molecule has 1 unspecified atom stereocenters. The first kappa shape index (κ1) is 16.9. The van der Waals surface area contributed by atoms with E-state index in [0.29, 0.717) is 33.7 Å². The number of nitrogens with one attached hydrogen (secondary N) is 1. The maximum atomic E-state index is 11.1. The fraction of sp³-hybridized carbons (Fsp3) is 0.312. The van der Waals surface area contributed by atoms with Crippen LogP contribution >= 0.6 is 23.2 Å². The summed E-state index contributed by atoms with van der Waals surface area (Å²) in [6.07, 6.45) is 0. The highest BCUT2D eigenvalue weighted by Gasteiger charge is 2.21. The normalized spacial score (nSPS) is 12.6. The topological polar surface area (TPSA) is 62.5 Å². The zero-order valence-corrected chi connectivity index (χ0v) is 13.8. The fourth-order valence-electron chi connectivity index (χ4n) is 2.12. The highest BCUT2D eigenvalue weighted by atomic mass is 35.5. The van der Waals surface area contributed by atoms with Crippen molar-refractivity contribution in [2.24, 2.45) is 5.92 Å². The second-order valence-electron chi connectivity index (χ2n) is 5.33. The van der Waals surface area contributed by atoms with E-state index in [4.69, 9.17) is 32.7 Å². The second kappa shape index (κ2) is 7.18. The lowest BCUT2D eigenvalue weighted by atomic mass is 10.1. The number of halogens is 2. The van der Waals surface area contributed by atoms with Crippen LogP contribution in [-0.4, -0.2) is 17.1 Å². The molecule has 1 aromatic carbocycles. The van der Waals surface area contributed by atoms with E-state index in [2.05, 4.69) is 5.32 Å². The summed E-state index contributed by atoms with van der Waals surface area (Å²) in [4.78, 5) is 11.1. The van der Waals surface area contributed by atoms with Gasteiger partial charge in [-0.15, -0.1) is 0 Å². The van der Waals surface area contributed by atoms with E-state index in [1.165, 1.54) is 0 Å². The van der Waals surface area contributed by atoms with Crippen molar-refractivity contribution in [2.45, 2.75) is 26.4 Å². The minimum Gasteiger partial charge on any atom is -0.480 e. The molecule has 0 fully saturated rings. The highest BCUT2D eigenvalue weighted by Crippen LogP contribution is 2.31. The average molecular weight is 342 g/mol. The maximum Gasteiger partial charge on any atom is 0.320 e. The minimum absolute atomic E-state index is 0.0192. The first-order valence-electron chi connectivity index (χ1n) is 6.89. The Balaban J connectivity index is 2.12. The van der Waals surface area contributed by atoms with Crippen LogP contribution in [0.3, 0.4) is 0 Å². The molecule has 1 heterocycles. The largest absolute Gasteiger partial charge is 0.480 e. The van der Waals surface area contributed by atoms with Crippen molar-refractivity contribution in [1.82, 2.24) is 5.32 Å². The van der Waals surface area contributed by atoms with Gasteiger partial charge in [-0.2, -0.15) is 0 Å². The first-order chi connectivity index (χ1) is 10.4. The Morgan fingerprint density at radius 2 is 2.00 bits per heavy atom. The number of hydrogen-bond acceptors (Lipinski definition) is 3. The van der Waals surface area contributed by atoms with Crippen molar-refractivity contribution in [3.63, 3.8) is 0 Å². The number of carboxylic acids is 1. The van der Waals surface area contributed by atoms with Gasteiger partial charge in [0.2, 0.25) is 0 Å². The van der Waals surface area contributed by atoms with E-state index < -0.39 is 12.0 Å². The van der Waals surface area contributed by atoms with Crippen LogP contribution in [0.1, 0.15) is 19.6 Å². The summed E-state index contributed by atoms with van der Waals surface area (Å²) in [5, 5.41) is 13.2. The Morgan fingerprint density at radius 3 is 2.64 bits per heavy atom. The average Bonchev–Trinajstić information content (AvgIpc) is 2.89. The lowest BCUT2D eigenvalue weighted by molar-refractivity contribution is -0.140. The summed E-state index contributed by atoms with van der Waals surface area (Å²) < 4.78 is 5.72. The lowest BCUT2D eigenvalue weighted by Gasteiger charge is -2.16. The molecule has 2 rings (SSSR count). The van der Waals surface area contributed by atoms with Crippen LogP contribution in [0.5, 0.6) is 0 Å². The van der Waals surface area contributed by atoms with E-state index in [-0.39, 0.29) is 5.92 Å². The fourth-order valence-corrected chi connectivity index (χ4v) is 2.51. The van der Waals surface area contributed by atoms with Crippen LogP contribution in [0, 0.1) is 5.92 Å². The number of furan rings is 1. The molecule has 0 aliphatic carbocycles. The van der Waals surface area contributed by atoms with E-state index >= 15 is 0 Å². The SMILES string of the molecule is CC(C)C(NCc1ccc(-c2cc(Cl)ccc2Cl)o1)C(=O)O. The number of carboxylic acid groups (broad SMARTS) is 1. The van der Waals surface area contributed by atoms with Gasteiger partial charge in [-0.1, -0.05) is 37.0 Å². The van der Waals surface area contributed by atoms with Crippen LogP contribution in [0.2, 0.25) is 10.0 Å². The zero-order valence-electron chi connectivity index (χ0n) is 12.3. The molecule has 1 atom stereocenters. The summed E-state index contributed by atoms with van der Waals surface area (Å²) in [5.74, 6) is 0.340. The van der Waals surface area contributed by atoms with Crippen LogP contribution in [0.25, 0.3) is 11.3 Å². The summed E-state index contributed by atoms with van der Waals surface area (Å²) in [5.41, 5.74) is 0.707. The smallest absolute Gasteiger partial charge is 0.320 e. The van der Waals surface area contributed by atoms with Crippen molar-refractivity contribution in [1.29, 1.82) is 0 Å². The Kier molecular flexibility index (Phi) is 5.51. The number of carbonyl (C=O) groups is 1. The molecule has 0 amide bonds. The summed E-state index contributed by atoms with van der Waals surface area (Å²) >= 11 is 12.1. The molecule has 0 radical (unpaired) electrons. The van der Waals surface area contributed by atoms with Gasteiger partial charge in [0.05, 0.1) is 11.6 Å². The van der Waals surface area contributed by atoms with E-state index in [9.17, 15) is 4.79 Å². The van der Waals surface area contributed by atoms with Crippen molar-refractivity contribution < 1.29 is 14.3 Å².